The predicted octanol–water partition coefficient (Wildman–Crippen LogP) is 8.27. The van der Waals surface area contributed by atoms with Gasteiger partial charge in [-0.15, -0.1) is 0 Å². The Kier molecular flexibility index (Phi) is 5.35. The minimum atomic E-state index is 0.613. The summed E-state index contributed by atoms with van der Waals surface area (Å²) in [7, 11) is 0. The van der Waals surface area contributed by atoms with Crippen molar-refractivity contribution < 1.29 is 0 Å². The number of hydrogen-bond donors (Lipinski definition) is 0. The molecule has 0 N–H and O–H groups in total. The fourth-order valence-corrected chi connectivity index (χ4v) is 5.53. The Balaban J connectivity index is 1.38. The van der Waals surface area contributed by atoms with E-state index in [1.54, 1.807) is 6.33 Å². The van der Waals surface area contributed by atoms with Crippen LogP contribution in [0.3, 0.4) is 0 Å². The van der Waals surface area contributed by atoms with Gasteiger partial charge in [-0.05, 0) is 35.7 Å². The molecule has 0 spiro atoms. The van der Waals surface area contributed by atoms with Crippen molar-refractivity contribution >= 4 is 27.8 Å². The Morgan fingerprint density at radius 1 is 0.512 bits per heavy atom. The molecule has 0 amide bonds. The summed E-state index contributed by atoms with van der Waals surface area (Å²) in [5.74, 6) is 1.88. The maximum atomic E-state index is 4.98. The normalized spacial score (nSPS) is 11.9. The van der Waals surface area contributed by atoms with Gasteiger partial charge in [-0.3, -0.25) is 0 Å². The average molecular weight is 527 g/mol. The molecular formula is C35H22N6. The van der Waals surface area contributed by atoms with Crippen LogP contribution in [0.25, 0.3) is 56.2 Å². The Morgan fingerprint density at radius 3 is 1.78 bits per heavy atom. The van der Waals surface area contributed by atoms with Crippen LogP contribution in [0.1, 0.15) is 0 Å². The van der Waals surface area contributed by atoms with E-state index < -0.39 is 0 Å². The van der Waals surface area contributed by atoms with Crippen molar-refractivity contribution in [2.45, 2.75) is 0 Å². The van der Waals surface area contributed by atoms with Gasteiger partial charge >= 0.3 is 0 Å². The van der Waals surface area contributed by atoms with Gasteiger partial charge in [0.15, 0.2) is 17.5 Å². The zero-order chi connectivity index (χ0) is 27.2. The highest BCUT2D eigenvalue weighted by Gasteiger charge is 2.28. The van der Waals surface area contributed by atoms with Crippen molar-refractivity contribution in [2.75, 3.05) is 4.90 Å². The Labute approximate surface area is 236 Å². The van der Waals surface area contributed by atoms with Crippen LogP contribution in [-0.4, -0.2) is 24.9 Å². The van der Waals surface area contributed by atoms with Crippen molar-refractivity contribution in [1.29, 1.82) is 0 Å². The first kappa shape index (κ1) is 23.2. The van der Waals surface area contributed by atoms with Gasteiger partial charge < -0.3 is 4.90 Å². The van der Waals surface area contributed by atoms with Gasteiger partial charge in [-0.25, -0.2) is 24.9 Å². The van der Waals surface area contributed by atoms with E-state index in [9.17, 15) is 0 Å². The van der Waals surface area contributed by atoms with Gasteiger partial charge in [-0.1, -0.05) is 91.0 Å². The number of fused-ring (bicyclic) bond motifs is 2. The first-order valence-corrected chi connectivity index (χ1v) is 13.4. The fraction of sp³-hybridized carbons (Fsp3) is 0. The molecule has 0 aliphatic carbocycles. The molecule has 2 aromatic heterocycles. The second-order valence-electron chi connectivity index (χ2n) is 9.86. The number of benzene rings is 5. The molecule has 1 aliphatic rings. The molecule has 0 atom stereocenters. The molecule has 0 fully saturated rings. The highest BCUT2D eigenvalue weighted by Crippen LogP contribution is 2.50. The van der Waals surface area contributed by atoms with Crippen molar-refractivity contribution in [3.63, 3.8) is 0 Å². The molecule has 0 radical (unpaired) electrons. The maximum absolute atomic E-state index is 4.98. The Morgan fingerprint density at radius 2 is 1.12 bits per heavy atom. The van der Waals surface area contributed by atoms with E-state index in [1.165, 1.54) is 0 Å². The van der Waals surface area contributed by atoms with E-state index in [4.69, 9.17) is 19.9 Å². The first-order valence-electron chi connectivity index (χ1n) is 13.4. The Bertz CT molecular complexity index is 1990. The highest BCUT2D eigenvalue weighted by atomic mass is 15.2. The fourth-order valence-electron chi connectivity index (χ4n) is 5.53. The number of anilines is 3. The van der Waals surface area contributed by atoms with Crippen LogP contribution in [-0.2, 0) is 0 Å². The van der Waals surface area contributed by atoms with Crippen molar-refractivity contribution in [1.82, 2.24) is 24.9 Å². The van der Waals surface area contributed by atoms with Crippen molar-refractivity contribution in [3.05, 3.63) is 134 Å². The quantitative estimate of drug-likeness (QED) is 0.230. The Hall–Kier alpha value is -5.75. The number of rotatable bonds is 4. The average Bonchev–Trinajstić information content (AvgIpc) is 3.06. The summed E-state index contributed by atoms with van der Waals surface area (Å²) in [6.07, 6.45) is 3.49. The minimum absolute atomic E-state index is 0.613. The third kappa shape index (κ3) is 3.93. The molecule has 0 saturated carbocycles. The second kappa shape index (κ2) is 9.47. The largest absolute Gasteiger partial charge is 0.306 e. The third-order valence-electron chi connectivity index (χ3n) is 7.36. The summed E-state index contributed by atoms with van der Waals surface area (Å²) in [5, 5.41) is 2.22. The number of aromatic nitrogens is 5. The van der Waals surface area contributed by atoms with Gasteiger partial charge in [0.25, 0.3) is 0 Å². The highest BCUT2D eigenvalue weighted by molar-refractivity contribution is 6.14. The lowest BCUT2D eigenvalue weighted by Gasteiger charge is -2.32. The molecule has 0 bridgehead atoms. The smallest absolute Gasteiger partial charge is 0.164 e. The standard InChI is InChI=1S/C35H22N6/c1-4-11-23(12-5-1)33-38-34(24-13-6-2-7-14-24)40-35(39-33)26-19-25-15-10-18-29-31(25)28(20-26)32-30(21-36-22-37-32)41(29)27-16-8-3-9-17-27/h1-22H. The van der Waals surface area contributed by atoms with Gasteiger partial charge in [0.1, 0.15) is 6.33 Å². The van der Waals surface area contributed by atoms with Crippen LogP contribution < -0.4 is 4.90 Å². The van der Waals surface area contributed by atoms with Gasteiger partial charge in [0, 0.05) is 33.3 Å². The summed E-state index contributed by atoms with van der Waals surface area (Å²) < 4.78 is 0. The molecule has 0 unspecified atom stereocenters. The summed E-state index contributed by atoms with van der Waals surface area (Å²) in [5.41, 5.74) is 7.76. The van der Waals surface area contributed by atoms with Crippen molar-refractivity contribution in [3.8, 4) is 45.4 Å². The van der Waals surface area contributed by atoms with Crippen LogP contribution >= 0.6 is 0 Å². The van der Waals surface area contributed by atoms with E-state index in [0.29, 0.717) is 17.5 Å². The minimum Gasteiger partial charge on any atom is -0.306 e. The van der Waals surface area contributed by atoms with E-state index in [2.05, 4.69) is 52.3 Å². The SMILES string of the molecule is c1ccc(-c2nc(-c3ccccc3)nc(-c3cc4c5c(cccc5c3)N(c3ccccc3)c3cncnc3-4)n2)cc1. The van der Waals surface area contributed by atoms with Gasteiger partial charge in [-0.2, -0.15) is 0 Å². The first-order chi connectivity index (χ1) is 20.3. The zero-order valence-corrected chi connectivity index (χ0v) is 21.9. The van der Waals surface area contributed by atoms with E-state index in [1.807, 2.05) is 85.1 Å². The lowest BCUT2D eigenvalue weighted by molar-refractivity contribution is 1.07. The van der Waals surface area contributed by atoms with E-state index in [-0.39, 0.29) is 0 Å². The van der Waals surface area contributed by atoms with Crippen LogP contribution in [0.15, 0.2) is 134 Å². The molecule has 6 heteroatoms. The molecule has 0 saturated heterocycles. The molecule has 7 aromatic rings. The molecule has 6 nitrogen and oxygen atoms in total. The van der Waals surface area contributed by atoms with Crippen LogP contribution in [0.2, 0.25) is 0 Å². The molecule has 41 heavy (non-hydrogen) atoms. The summed E-state index contributed by atoms with van der Waals surface area (Å²) in [6.45, 7) is 0. The van der Waals surface area contributed by atoms with Gasteiger partial charge in [0.2, 0.25) is 0 Å². The second-order valence-corrected chi connectivity index (χ2v) is 9.86. The van der Waals surface area contributed by atoms with Crippen LogP contribution in [0.5, 0.6) is 0 Å². The zero-order valence-electron chi connectivity index (χ0n) is 21.9. The summed E-state index contributed by atoms with van der Waals surface area (Å²) in [6, 6.07) is 41.1. The monoisotopic (exact) mass is 526 g/mol. The molecule has 3 heterocycles. The van der Waals surface area contributed by atoms with Crippen LogP contribution in [0.4, 0.5) is 17.1 Å². The number of para-hydroxylation sites is 1. The molecule has 5 aromatic carbocycles. The lowest BCUT2D eigenvalue weighted by Crippen LogP contribution is -2.16. The molecule has 192 valence electrons. The molecule has 1 aliphatic heterocycles. The number of hydrogen-bond acceptors (Lipinski definition) is 6. The van der Waals surface area contributed by atoms with Gasteiger partial charge in [0.05, 0.1) is 23.3 Å². The molecule has 8 rings (SSSR count). The van der Waals surface area contributed by atoms with E-state index >= 15 is 0 Å². The van der Waals surface area contributed by atoms with E-state index in [0.717, 1.165) is 55.8 Å². The number of nitrogens with zero attached hydrogens (tertiary/aromatic N) is 6. The third-order valence-corrected chi connectivity index (χ3v) is 7.36. The maximum Gasteiger partial charge on any atom is 0.164 e. The predicted molar refractivity (Wildman–Crippen MR) is 163 cm³/mol. The lowest BCUT2D eigenvalue weighted by atomic mass is 9.92. The molecular weight excluding hydrogens is 504 g/mol. The summed E-state index contributed by atoms with van der Waals surface area (Å²) >= 11 is 0. The topological polar surface area (TPSA) is 67.7 Å². The van der Waals surface area contributed by atoms with Crippen LogP contribution in [0, 0.1) is 0 Å². The summed E-state index contributed by atoms with van der Waals surface area (Å²) in [4.78, 5) is 26.2. The van der Waals surface area contributed by atoms with Crippen molar-refractivity contribution in [2.24, 2.45) is 0 Å².